The van der Waals surface area contributed by atoms with Crippen LogP contribution < -0.4 is 10.6 Å². The van der Waals surface area contributed by atoms with Gasteiger partial charge in [-0.15, -0.1) is 0 Å². The van der Waals surface area contributed by atoms with Crippen molar-refractivity contribution in [2.75, 3.05) is 13.1 Å². The van der Waals surface area contributed by atoms with Gasteiger partial charge in [-0.1, -0.05) is 26.0 Å². The number of hydrogen-bond acceptors (Lipinski definition) is 2. The van der Waals surface area contributed by atoms with Gasteiger partial charge >= 0.3 is 0 Å². The Labute approximate surface area is 121 Å². The van der Waals surface area contributed by atoms with E-state index >= 15 is 0 Å². The number of carbonyl (C=O) groups excluding carboxylic acids is 2. The number of allylic oxidation sites excluding steroid dienone is 2. The van der Waals surface area contributed by atoms with Crippen molar-refractivity contribution in [3.63, 3.8) is 0 Å². The van der Waals surface area contributed by atoms with Crippen LogP contribution in [0.25, 0.3) is 0 Å². The van der Waals surface area contributed by atoms with Crippen molar-refractivity contribution >= 4 is 11.8 Å². The van der Waals surface area contributed by atoms with Crippen LogP contribution in [0, 0.1) is 23.7 Å². The van der Waals surface area contributed by atoms with Crippen molar-refractivity contribution in [1.29, 1.82) is 0 Å². The van der Waals surface area contributed by atoms with Crippen LogP contribution in [0.1, 0.15) is 39.5 Å². The lowest BCUT2D eigenvalue weighted by molar-refractivity contribution is -0.140. The number of fused-ring (bicyclic) bond motifs is 2. The molecule has 20 heavy (non-hydrogen) atoms. The van der Waals surface area contributed by atoms with Gasteiger partial charge in [-0.3, -0.25) is 9.59 Å². The zero-order chi connectivity index (χ0) is 14.5. The molecule has 3 aliphatic carbocycles. The lowest BCUT2D eigenvalue weighted by atomic mass is 9.61. The van der Waals surface area contributed by atoms with Gasteiger partial charge in [-0.2, -0.15) is 0 Å². The van der Waals surface area contributed by atoms with Gasteiger partial charge < -0.3 is 10.6 Å². The summed E-state index contributed by atoms with van der Waals surface area (Å²) in [7, 11) is 0. The van der Waals surface area contributed by atoms with E-state index in [4.69, 9.17) is 0 Å². The van der Waals surface area contributed by atoms with E-state index in [1.54, 1.807) is 0 Å². The fraction of sp³-hybridized carbons (Fsp3) is 0.750. The van der Waals surface area contributed by atoms with E-state index in [-0.39, 0.29) is 35.5 Å². The first kappa shape index (κ1) is 15.1. The minimum absolute atomic E-state index is 0.0579. The molecule has 0 saturated heterocycles. The first-order chi connectivity index (χ1) is 9.69. The fourth-order valence-electron chi connectivity index (χ4n) is 3.44. The molecule has 4 atom stereocenters. The van der Waals surface area contributed by atoms with Crippen LogP contribution in [0.4, 0.5) is 0 Å². The van der Waals surface area contributed by atoms with Crippen molar-refractivity contribution in [2.45, 2.75) is 39.5 Å². The van der Waals surface area contributed by atoms with Gasteiger partial charge in [0.05, 0.1) is 11.8 Å². The Balaban J connectivity index is 2.11. The number of carbonyl (C=O) groups is 2. The van der Waals surface area contributed by atoms with Crippen molar-refractivity contribution < 1.29 is 9.59 Å². The zero-order valence-electron chi connectivity index (χ0n) is 12.5. The summed E-state index contributed by atoms with van der Waals surface area (Å²) in [5.41, 5.74) is 0. The molecule has 0 unspecified atom stereocenters. The van der Waals surface area contributed by atoms with Crippen molar-refractivity contribution in [1.82, 2.24) is 10.6 Å². The smallest absolute Gasteiger partial charge is 0.224 e. The number of rotatable bonds is 6. The van der Waals surface area contributed by atoms with E-state index in [0.717, 1.165) is 25.7 Å². The third-order valence-corrected chi connectivity index (χ3v) is 4.45. The van der Waals surface area contributed by atoms with E-state index in [1.165, 1.54) is 0 Å². The second kappa shape index (κ2) is 6.91. The van der Waals surface area contributed by atoms with Gasteiger partial charge in [-0.25, -0.2) is 0 Å². The first-order valence-electron chi connectivity index (χ1n) is 7.92. The summed E-state index contributed by atoms with van der Waals surface area (Å²) in [6.45, 7) is 5.47. The molecule has 4 heteroatoms. The number of amides is 2. The van der Waals surface area contributed by atoms with Crippen molar-refractivity contribution in [3.8, 4) is 0 Å². The maximum atomic E-state index is 12.4. The third kappa shape index (κ3) is 3.05. The Morgan fingerprint density at radius 2 is 1.30 bits per heavy atom. The highest BCUT2D eigenvalue weighted by molar-refractivity contribution is 5.89. The van der Waals surface area contributed by atoms with Gasteiger partial charge in [0.1, 0.15) is 0 Å². The molecule has 0 aromatic heterocycles. The molecule has 0 heterocycles. The molecule has 3 rings (SSSR count). The molecule has 2 bridgehead atoms. The minimum atomic E-state index is -0.179. The molecule has 0 aliphatic heterocycles. The molecule has 0 radical (unpaired) electrons. The quantitative estimate of drug-likeness (QED) is 0.729. The lowest BCUT2D eigenvalue weighted by Crippen LogP contribution is -2.52. The molecule has 0 aromatic rings. The van der Waals surface area contributed by atoms with E-state index in [2.05, 4.69) is 22.8 Å². The largest absolute Gasteiger partial charge is 0.356 e. The Morgan fingerprint density at radius 3 is 1.60 bits per heavy atom. The third-order valence-electron chi connectivity index (χ3n) is 4.45. The summed E-state index contributed by atoms with van der Waals surface area (Å²) >= 11 is 0. The van der Waals surface area contributed by atoms with Crippen LogP contribution in [0.2, 0.25) is 0 Å². The molecule has 0 aromatic carbocycles. The van der Waals surface area contributed by atoms with E-state index in [1.807, 2.05) is 13.8 Å². The monoisotopic (exact) mass is 278 g/mol. The van der Waals surface area contributed by atoms with Gasteiger partial charge in [0.2, 0.25) is 11.8 Å². The summed E-state index contributed by atoms with van der Waals surface area (Å²) in [6.07, 6.45) is 8.21. The minimum Gasteiger partial charge on any atom is -0.356 e. The molecule has 1 fully saturated rings. The van der Waals surface area contributed by atoms with Crippen molar-refractivity contribution in [2.24, 2.45) is 23.7 Å². The highest BCUT2D eigenvalue weighted by Gasteiger charge is 2.47. The predicted molar refractivity (Wildman–Crippen MR) is 78.9 cm³/mol. The van der Waals surface area contributed by atoms with E-state index < -0.39 is 0 Å². The Hall–Kier alpha value is -1.32. The van der Waals surface area contributed by atoms with Gasteiger partial charge in [0.25, 0.3) is 0 Å². The second-order valence-corrected chi connectivity index (χ2v) is 5.92. The normalized spacial score (nSPS) is 31.1. The Kier molecular flexibility index (Phi) is 5.21. The van der Waals surface area contributed by atoms with Crippen LogP contribution in [0.3, 0.4) is 0 Å². The fourth-order valence-corrected chi connectivity index (χ4v) is 3.44. The molecule has 1 saturated carbocycles. The topological polar surface area (TPSA) is 58.2 Å². The van der Waals surface area contributed by atoms with E-state index in [0.29, 0.717) is 13.1 Å². The average Bonchev–Trinajstić information content (AvgIpc) is 2.50. The molecule has 112 valence electrons. The maximum absolute atomic E-state index is 12.4. The van der Waals surface area contributed by atoms with Crippen LogP contribution in [-0.4, -0.2) is 24.9 Å². The standard InChI is InChI=1S/C16H26N2O2/c1-3-9-17-15(19)13-11-5-7-12(8-6-11)14(13)16(20)18-10-4-2/h5,7,11-14H,3-4,6,8-10H2,1-2H3,(H,17,19)(H,18,20)/t11-,12+,13-,14-/m0/s1. The molecule has 3 aliphatic rings. The highest BCUT2D eigenvalue weighted by Crippen LogP contribution is 2.45. The summed E-state index contributed by atoms with van der Waals surface area (Å²) in [5.74, 6) is 0.220. The number of hydrogen-bond donors (Lipinski definition) is 2. The first-order valence-corrected chi connectivity index (χ1v) is 7.92. The summed E-state index contributed by atoms with van der Waals surface area (Å²) < 4.78 is 0. The van der Waals surface area contributed by atoms with E-state index in [9.17, 15) is 9.59 Å². The number of nitrogens with one attached hydrogen (secondary N) is 2. The van der Waals surface area contributed by atoms with Gasteiger partial charge in [0, 0.05) is 13.1 Å². The molecule has 2 amide bonds. The Bertz CT molecular complexity index is 356. The SMILES string of the molecule is CCCNC(=O)[C@@H]1[C@@H](C(=O)NCCC)[C@H]2C=C[C@@H]1CC2. The van der Waals surface area contributed by atoms with Crippen LogP contribution in [-0.2, 0) is 9.59 Å². The average molecular weight is 278 g/mol. The van der Waals surface area contributed by atoms with Crippen LogP contribution in [0.5, 0.6) is 0 Å². The van der Waals surface area contributed by atoms with Gasteiger partial charge in [0.15, 0.2) is 0 Å². The summed E-state index contributed by atoms with van der Waals surface area (Å²) in [6, 6.07) is 0. The lowest BCUT2D eigenvalue weighted by Gasteiger charge is -2.43. The van der Waals surface area contributed by atoms with Crippen LogP contribution in [0.15, 0.2) is 12.2 Å². The van der Waals surface area contributed by atoms with Crippen LogP contribution >= 0.6 is 0 Å². The highest BCUT2D eigenvalue weighted by atomic mass is 16.2. The summed E-state index contributed by atoms with van der Waals surface area (Å²) in [4.78, 5) is 24.8. The van der Waals surface area contributed by atoms with Gasteiger partial charge in [-0.05, 0) is 37.5 Å². The molecular formula is C16H26N2O2. The maximum Gasteiger partial charge on any atom is 0.224 e. The predicted octanol–water partition coefficient (Wildman–Crippen LogP) is 1.87. The zero-order valence-corrected chi connectivity index (χ0v) is 12.5. The summed E-state index contributed by atoms with van der Waals surface area (Å²) in [5, 5.41) is 5.95. The molecule has 2 N–H and O–H groups in total. The second-order valence-electron chi connectivity index (χ2n) is 5.92. The Morgan fingerprint density at radius 1 is 0.900 bits per heavy atom. The van der Waals surface area contributed by atoms with Crippen molar-refractivity contribution in [3.05, 3.63) is 12.2 Å². The molecule has 0 spiro atoms. The molecular weight excluding hydrogens is 252 g/mol. The molecule has 4 nitrogen and oxygen atoms in total.